The molecule has 0 aliphatic rings. The van der Waals surface area contributed by atoms with Crippen LogP contribution in [0.4, 0.5) is 0 Å². The molecule has 0 heterocycles. The van der Waals surface area contributed by atoms with Crippen LogP contribution in [0.1, 0.15) is 5.56 Å². The van der Waals surface area contributed by atoms with Crippen molar-refractivity contribution in [2.24, 2.45) is 0 Å². The van der Waals surface area contributed by atoms with Crippen LogP contribution in [0, 0.1) is 6.92 Å². The van der Waals surface area contributed by atoms with Crippen molar-refractivity contribution in [2.75, 3.05) is 0 Å². The maximum absolute atomic E-state index is 8.81. The molecule has 0 amide bonds. The van der Waals surface area contributed by atoms with E-state index in [1.807, 2.05) is 19.1 Å². The van der Waals surface area contributed by atoms with Crippen molar-refractivity contribution >= 4 is 51.4 Å². The molecule has 44 valence electrons. The van der Waals surface area contributed by atoms with Gasteiger partial charge in [0.1, 0.15) is 5.75 Å². The van der Waals surface area contributed by atoms with Crippen LogP contribution in [0.3, 0.4) is 0 Å². The molecule has 9 heavy (non-hydrogen) atoms. The van der Waals surface area contributed by atoms with E-state index in [0.717, 1.165) is 5.56 Å². The third kappa shape index (κ3) is 3.38. The van der Waals surface area contributed by atoms with Crippen LogP contribution >= 0.6 is 0 Å². The molecule has 1 aromatic carbocycles. The van der Waals surface area contributed by atoms with E-state index in [4.69, 9.17) is 5.11 Å². The van der Waals surface area contributed by atoms with E-state index < -0.39 is 0 Å². The predicted octanol–water partition coefficient (Wildman–Crippen LogP) is 1.05. The third-order valence-electron chi connectivity index (χ3n) is 1.00. The van der Waals surface area contributed by atoms with Crippen LogP contribution in [0.2, 0.25) is 0 Å². The van der Waals surface area contributed by atoms with Crippen LogP contribution in [0.25, 0.3) is 0 Å². The van der Waals surface area contributed by atoms with Crippen molar-refractivity contribution in [3.63, 3.8) is 0 Å². The Hall–Kier alpha value is 0.656. The molecule has 1 aromatic rings. The van der Waals surface area contributed by atoms with Gasteiger partial charge in [0.15, 0.2) is 0 Å². The van der Waals surface area contributed by atoms with Crippen LogP contribution in [-0.4, -0.2) is 56.5 Å². The Bertz CT molecular complexity index is 169. The van der Waals surface area contributed by atoms with E-state index in [9.17, 15) is 0 Å². The molecule has 0 saturated heterocycles. The van der Waals surface area contributed by atoms with E-state index in [1.165, 1.54) is 0 Å². The van der Waals surface area contributed by atoms with Gasteiger partial charge in [0.05, 0.1) is 0 Å². The van der Waals surface area contributed by atoms with Gasteiger partial charge in [-0.15, -0.1) is 0 Å². The summed E-state index contributed by atoms with van der Waals surface area (Å²) in [7, 11) is 0. The molecule has 0 spiro atoms. The number of aromatic hydroxyl groups is 1. The Labute approximate surface area is 97.5 Å². The fourth-order valence-corrected chi connectivity index (χ4v) is 0.628. The molecular weight excluding hydrogens is 139 g/mol. The summed E-state index contributed by atoms with van der Waals surface area (Å²) in [5, 5.41) is 8.81. The molecule has 0 radical (unpaired) electrons. The van der Waals surface area contributed by atoms with Gasteiger partial charge in [0.25, 0.3) is 0 Å². The normalized spacial score (nSPS) is 8.11. The number of hydrogen-bond donors (Lipinski definition) is 1. The van der Waals surface area contributed by atoms with Gasteiger partial charge < -0.3 is 5.11 Å². The van der Waals surface area contributed by atoms with Crippen molar-refractivity contribution in [2.45, 2.75) is 6.92 Å². The molecule has 0 fully saturated rings. The van der Waals surface area contributed by atoms with Crippen LogP contribution in [0.15, 0.2) is 24.3 Å². The maximum atomic E-state index is 8.81. The number of phenolic OH excluding ortho intramolecular Hbond substituents is 1. The molecular formula is C7H9KO. The van der Waals surface area contributed by atoms with Gasteiger partial charge in [-0.25, -0.2) is 0 Å². The first-order valence-corrected chi connectivity index (χ1v) is 2.54. The summed E-state index contributed by atoms with van der Waals surface area (Å²) in [5.41, 5.74) is 1.09. The fraction of sp³-hybridized carbons (Fsp3) is 0.143. The number of rotatable bonds is 0. The summed E-state index contributed by atoms with van der Waals surface area (Å²) in [6, 6.07) is 7.15. The van der Waals surface area contributed by atoms with Gasteiger partial charge in [0, 0.05) is 0 Å². The number of phenols is 1. The Morgan fingerprint density at radius 1 is 1.33 bits per heavy atom. The first-order chi connectivity index (χ1) is 3.79. The summed E-state index contributed by atoms with van der Waals surface area (Å²) in [6.07, 6.45) is 0. The zero-order valence-electron chi connectivity index (χ0n) is 4.76. The molecule has 0 unspecified atom stereocenters. The minimum absolute atomic E-state index is 0. The summed E-state index contributed by atoms with van der Waals surface area (Å²) in [4.78, 5) is 0. The van der Waals surface area contributed by atoms with E-state index in [2.05, 4.69) is 0 Å². The van der Waals surface area contributed by atoms with E-state index in [-0.39, 0.29) is 51.4 Å². The second-order valence-corrected chi connectivity index (χ2v) is 1.84. The standard InChI is InChI=1S/C7H8O.K.H/c1-6-3-2-4-7(8)5-6;;/h2-5,8H,1H3;;. The van der Waals surface area contributed by atoms with Gasteiger partial charge in [0.2, 0.25) is 0 Å². The van der Waals surface area contributed by atoms with Crippen molar-refractivity contribution in [3.05, 3.63) is 29.8 Å². The summed E-state index contributed by atoms with van der Waals surface area (Å²) < 4.78 is 0. The molecule has 0 aromatic heterocycles. The van der Waals surface area contributed by atoms with Gasteiger partial charge in [-0.3, -0.25) is 0 Å². The van der Waals surface area contributed by atoms with Gasteiger partial charge >= 0.3 is 51.4 Å². The quantitative estimate of drug-likeness (QED) is 0.545. The first kappa shape index (κ1) is 9.66. The summed E-state index contributed by atoms with van der Waals surface area (Å²) in [6.45, 7) is 1.94. The van der Waals surface area contributed by atoms with Crippen LogP contribution in [-0.2, 0) is 0 Å². The van der Waals surface area contributed by atoms with E-state index >= 15 is 0 Å². The van der Waals surface area contributed by atoms with Crippen molar-refractivity contribution in [1.29, 1.82) is 0 Å². The second kappa shape index (κ2) is 4.47. The monoisotopic (exact) mass is 148 g/mol. The molecule has 2 heteroatoms. The van der Waals surface area contributed by atoms with Crippen molar-refractivity contribution in [3.8, 4) is 5.75 Å². The number of aryl methyl sites for hydroxylation is 1. The van der Waals surface area contributed by atoms with Crippen LogP contribution in [0.5, 0.6) is 5.75 Å². The molecule has 0 atom stereocenters. The third-order valence-corrected chi connectivity index (χ3v) is 1.00. The molecule has 0 aliphatic heterocycles. The van der Waals surface area contributed by atoms with Crippen LogP contribution < -0.4 is 0 Å². The predicted molar refractivity (Wildman–Crippen MR) is 40.0 cm³/mol. The SMILES string of the molecule is Cc1cccc(O)c1.[KH]. The Kier molecular flexibility index (Phi) is 4.79. The Balaban J connectivity index is 0.000000640. The van der Waals surface area contributed by atoms with Gasteiger partial charge in [-0.2, -0.15) is 0 Å². The molecule has 0 bridgehead atoms. The van der Waals surface area contributed by atoms with E-state index in [1.54, 1.807) is 12.1 Å². The van der Waals surface area contributed by atoms with Gasteiger partial charge in [-0.1, -0.05) is 12.1 Å². The topological polar surface area (TPSA) is 20.2 Å². The first-order valence-electron chi connectivity index (χ1n) is 2.54. The Morgan fingerprint density at radius 3 is 2.33 bits per heavy atom. The molecule has 1 N–H and O–H groups in total. The second-order valence-electron chi connectivity index (χ2n) is 1.84. The summed E-state index contributed by atoms with van der Waals surface area (Å²) in [5.74, 6) is 0.338. The van der Waals surface area contributed by atoms with Crippen molar-refractivity contribution < 1.29 is 5.11 Å². The molecule has 0 aliphatic carbocycles. The average Bonchev–Trinajstić information content (AvgIpc) is 1.64. The zero-order valence-corrected chi connectivity index (χ0v) is 4.76. The number of hydrogen-bond acceptors (Lipinski definition) is 1. The Morgan fingerprint density at radius 2 is 2.00 bits per heavy atom. The number of benzene rings is 1. The summed E-state index contributed by atoms with van der Waals surface area (Å²) >= 11 is 0. The zero-order chi connectivity index (χ0) is 5.98. The molecule has 1 nitrogen and oxygen atoms in total. The molecule has 1 rings (SSSR count). The molecule has 0 saturated carbocycles. The van der Waals surface area contributed by atoms with Crippen molar-refractivity contribution in [1.82, 2.24) is 0 Å². The fourth-order valence-electron chi connectivity index (χ4n) is 0.628. The average molecular weight is 148 g/mol. The van der Waals surface area contributed by atoms with E-state index in [0.29, 0.717) is 5.75 Å². The minimum atomic E-state index is 0. The van der Waals surface area contributed by atoms with Gasteiger partial charge in [-0.05, 0) is 24.6 Å².